The van der Waals surface area contributed by atoms with Gasteiger partial charge in [-0.3, -0.25) is 4.90 Å². The van der Waals surface area contributed by atoms with Crippen molar-refractivity contribution < 1.29 is 4.39 Å². The van der Waals surface area contributed by atoms with Crippen molar-refractivity contribution in [2.24, 2.45) is 5.41 Å². The Kier molecular flexibility index (Phi) is 6.15. The van der Waals surface area contributed by atoms with Crippen molar-refractivity contribution in [3.63, 3.8) is 0 Å². The zero-order chi connectivity index (χ0) is 15.3. The maximum atomic E-state index is 14.0. The lowest BCUT2D eigenvalue weighted by Crippen LogP contribution is -2.39. The summed E-state index contributed by atoms with van der Waals surface area (Å²) in [6.45, 7) is 13.3. The van der Waals surface area contributed by atoms with E-state index in [1.54, 1.807) is 6.07 Å². The van der Waals surface area contributed by atoms with Gasteiger partial charge in [0.2, 0.25) is 0 Å². The van der Waals surface area contributed by atoms with Crippen LogP contribution in [0.1, 0.15) is 45.7 Å². The van der Waals surface area contributed by atoms with Gasteiger partial charge in [-0.2, -0.15) is 0 Å². The van der Waals surface area contributed by atoms with E-state index in [2.05, 4.69) is 51.9 Å². The Morgan fingerprint density at radius 2 is 1.95 bits per heavy atom. The fourth-order valence-corrected chi connectivity index (χ4v) is 2.20. The lowest BCUT2D eigenvalue weighted by Gasteiger charge is -2.35. The van der Waals surface area contributed by atoms with Crippen molar-refractivity contribution in [1.29, 1.82) is 0 Å². The third kappa shape index (κ3) is 4.88. The fourth-order valence-electron chi connectivity index (χ4n) is 2.20. The molecule has 20 heavy (non-hydrogen) atoms. The Balaban J connectivity index is 2.80. The molecule has 1 unspecified atom stereocenters. The van der Waals surface area contributed by atoms with E-state index in [9.17, 15) is 4.39 Å². The second-order valence-corrected chi connectivity index (χ2v) is 6.66. The van der Waals surface area contributed by atoms with E-state index >= 15 is 0 Å². The molecular weight excluding hydrogens is 251 g/mol. The summed E-state index contributed by atoms with van der Waals surface area (Å²) >= 11 is 0. The lowest BCUT2D eigenvalue weighted by atomic mass is 9.87. The molecule has 114 valence electrons. The summed E-state index contributed by atoms with van der Waals surface area (Å²) in [4.78, 5) is 2.22. The molecular formula is C17H29FN2. The monoisotopic (exact) mass is 280 g/mol. The van der Waals surface area contributed by atoms with Crippen LogP contribution in [0.2, 0.25) is 0 Å². The highest BCUT2D eigenvalue weighted by atomic mass is 19.1. The van der Waals surface area contributed by atoms with Crippen LogP contribution in [0.3, 0.4) is 0 Å². The molecule has 0 bridgehead atoms. The van der Waals surface area contributed by atoms with Crippen molar-refractivity contribution in [3.8, 4) is 0 Å². The zero-order valence-corrected chi connectivity index (χ0v) is 13.8. The second-order valence-electron chi connectivity index (χ2n) is 6.66. The van der Waals surface area contributed by atoms with Gasteiger partial charge in [0.05, 0.1) is 0 Å². The van der Waals surface area contributed by atoms with Crippen molar-refractivity contribution in [2.75, 3.05) is 13.6 Å². The number of hydrogen-bond acceptors (Lipinski definition) is 2. The first-order valence-corrected chi connectivity index (χ1v) is 7.44. The van der Waals surface area contributed by atoms with Gasteiger partial charge in [0, 0.05) is 24.7 Å². The van der Waals surface area contributed by atoms with E-state index in [1.807, 2.05) is 12.1 Å². The van der Waals surface area contributed by atoms with Gasteiger partial charge in [0.25, 0.3) is 0 Å². The highest BCUT2D eigenvalue weighted by molar-refractivity contribution is 5.25. The average molecular weight is 280 g/mol. The molecule has 0 radical (unpaired) electrons. The second kappa shape index (κ2) is 7.19. The molecule has 0 saturated carbocycles. The van der Waals surface area contributed by atoms with E-state index in [-0.39, 0.29) is 11.2 Å². The Hall–Kier alpha value is -0.930. The van der Waals surface area contributed by atoms with Crippen LogP contribution >= 0.6 is 0 Å². The van der Waals surface area contributed by atoms with Crippen LogP contribution < -0.4 is 5.32 Å². The third-order valence-corrected chi connectivity index (χ3v) is 4.02. The minimum atomic E-state index is -0.113. The average Bonchev–Trinajstić information content (AvgIpc) is 2.37. The van der Waals surface area contributed by atoms with Crippen LogP contribution in [-0.4, -0.2) is 24.5 Å². The molecule has 0 amide bonds. The summed E-state index contributed by atoms with van der Waals surface area (Å²) in [5.41, 5.74) is 2.10. The molecule has 1 N–H and O–H groups in total. The molecule has 1 aromatic carbocycles. The quantitative estimate of drug-likeness (QED) is 0.852. The molecule has 0 aliphatic rings. The standard InChI is InChI=1S/C17H29FN2/c1-7-19-11-14-8-9-16(18)15(10-14)12-20(6)13(2)17(3,4)5/h8-10,13,19H,7,11-12H2,1-6H3. The highest BCUT2D eigenvalue weighted by Gasteiger charge is 2.24. The van der Waals surface area contributed by atoms with Gasteiger partial charge >= 0.3 is 0 Å². The molecule has 0 fully saturated rings. The third-order valence-electron chi connectivity index (χ3n) is 4.02. The summed E-state index contributed by atoms with van der Waals surface area (Å²) in [5, 5.41) is 3.28. The van der Waals surface area contributed by atoms with E-state index < -0.39 is 0 Å². The van der Waals surface area contributed by atoms with Gasteiger partial charge in [0.1, 0.15) is 5.82 Å². The predicted molar refractivity (Wildman–Crippen MR) is 84.2 cm³/mol. The van der Waals surface area contributed by atoms with Crippen molar-refractivity contribution in [1.82, 2.24) is 10.2 Å². The minimum absolute atomic E-state index is 0.113. The first kappa shape index (κ1) is 17.1. The number of benzene rings is 1. The van der Waals surface area contributed by atoms with E-state index in [0.29, 0.717) is 12.6 Å². The zero-order valence-electron chi connectivity index (χ0n) is 13.8. The molecule has 3 heteroatoms. The number of nitrogens with one attached hydrogen (secondary N) is 1. The Morgan fingerprint density at radius 3 is 2.50 bits per heavy atom. The van der Waals surface area contributed by atoms with Crippen LogP contribution in [0, 0.1) is 11.2 Å². The SMILES string of the molecule is CCNCc1ccc(F)c(CN(C)C(C)C(C)(C)C)c1. The molecule has 0 aliphatic carbocycles. The Morgan fingerprint density at radius 1 is 1.30 bits per heavy atom. The van der Waals surface area contributed by atoms with Crippen LogP contribution in [-0.2, 0) is 13.1 Å². The molecule has 0 aliphatic heterocycles. The molecule has 0 saturated heterocycles. The van der Waals surface area contributed by atoms with Gasteiger partial charge in [-0.05, 0) is 37.6 Å². The molecule has 0 spiro atoms. The summed E-state index contributed by atoms with van der Waals surface area (Å²) < 4.78 is 14.0. The first-order chi connectivity index (χ1) is 9.25. The molecule has 1 rings (SSSR count). The molecule has 0 heterocycles. The Labute approximate surface area is 123 Å². The summed E-state index contributed by atoms with van der Waals surface area (Å²) in [6.07, 6.45) is 0. The normalized spacial score (nSPS) is 13.8. The topological polar surface area (TPSA) is 15.3 Å². The number of hydrogen-bond donors (Lipinski definition) is 1. The summed E-state index contributed by atoms with van der Waals surface area (Å²) in [5.74, 6) is -0.113. The van der Waals surface area contributed by atoms with Crippen molar-refractivity contribution >= 4 is 0 Å². The number of rotatable bonds is 6. The first-order valence-electron chi connectivity index (χ1n) is 7.44. The summed E-state index contributed by atoms with van der Waals surface area (Å²) in [6, 6.07) is 5.80. The van der Waals surface area contributed by atoms with E-state index in [0.717, 1.165) is 24.2 Å². The van der Waals surface area contributed by atoms with Gasteiger partial charge < -0.3 is 5.32 Å². The van der Waals surface area contributed by atoms with Crippen LogP contribution in [0.5, 0.6) is 0 Å². The van der Waals surface area contributed by atoms with Gasteiger partial charge in [0.15, 0.2) is 0 Å². The van der Waals surface area contributed by atoms with Crippen molar-refractivity contribution in [2.45, 2.75) is 53.8 Å². The van der Waals surface area contributed by atoms with E-state index in [1.165, 1.54) is 0 Å². The molecule has 2 nitrogen and oxygen atoms in total. The maximum Gasteiger partial charge on any atom is 0.127 e. The molecule has 1 aromatic rings. The largest absolute Gasteiger partial charge is 0.313 e. The highest BCUT2D eigenvalue weighted by Crippen LogP contribution is 2.24. The van der Waals surface area contributed by atoms with Gasteiger partial charge in [-0.25, -0.2) is 4.39 Å². The molecule has 0 aromatic heterocycles. The van der Waals surface area contributed by atoms with Crippen LogP contribution in [0.15, 0.2) is 18.2 Å². The minimum Gasteiger partial charge on any atom is -0.313 e. The molecule has 1 atom stereocenters. The van der Waals surface area contributed by atoms with Gasteiger partial charge in [-0.1, -0.05) is 39.8 Å². The van der Waals surface area contributed by atoms with Crippen molar-refractivity contribution in [3.05, 3.63) is 35.1 Å². The number of nitrogens with zero attached hydrogens (tertiary/aromatic N) is 1. The van der Waals surface area contributed by atoms with Crippen LogP contribution in [0.25, 0.3) is 0 Å². The smallest absolute Gasteiger partial charge is 0.127 e. The predicted octanol–water partition coefficient (Wildman–Crippen LogP) is 3.80. The Bertz CT molecular complexity index is 423. The maximum absolute atomic E-state index is 14.0. The van der Waals surface area contributed by atoms with Crippen LogP contribution in [0.4, 0.5) is 4.39 Å². The van der Waals surface area contributed by atoms with E-state index in [4.69, 9.17) is 0 Å². The lowest BCUT2D eigenvalue weighted by molar-refractivity contribution is 0.133. The van der Waals surface area contributed by atoms with Gasteiger partial charge in [-0.15, -0.1) is 0 Å². The number of halogens is 1. The summed E-state index contributed by atoms with van der Waals surface area (Å²) in [7, 11) is 2.06. The fraction of sp³-hybridized carbons (Fsp3) is 0.647.